The zero-order chi connectivity index (χ0) is 18.5. The Kier molecular flexibility index (Phi) is 4.32. The molecule has 1 heterocycles. The van der Waals surface area contributed by atoms with Gasteiger partial charge in [-0.3, -0.25) is 4.79 Å². The van der Waals surface area contributed by atoms with Gasteiger partial charge in [-0.15, -0.1) is 0 Å². The van der Waals surface area contributed by atoms with Crippen molar-refractivity contribution in [3.8, 4) is 0 Å². The van der Waals surface area contributed by atoms with Crippen LogP contribution in [-0.2, 0) is 17.9 Å². The van der Waals surface area contributed by atoms with Gasteiger partial charge in [0, 0.05) is 24.2 Å². The maximum Gasteiger partial charge on any atom is 0.237 e. The number of unbranched alkanes of at least 4 members (excludes halogenated alkanes) is 1. The number of amides is 1. The van der Waals surface area contributed by atoms with Gasteiger partial charge in [-0.2, -0.15) is 0 Å². The van der Waals surface area contributed by atoms with Gasteiger partial charge in [0.15, 0.2) is 0 Å². The van der Waals surface area contributed by atoms with Crippen molar-refractivity contribution in [3.05, 3.63) is 35.4 Å². The summed E-state index contributed by atoms with van der Waals surface area (Å²) >= 11 is 0. The van der Waals surface area contributed by atoms with Crippen molar-refractivity contribution in [3.63, 3.8) is 0 Å². The van der Waals surface area contributed by atoms with E-state index in [1.807, 2.05) is 4.90 Å². The molecule has 4 fully saturated rings. The fourth-order valence-corrected chi connectivity index (χ4v) is 6.78. The van der Waals surface area contributed by atoms with E-state index in [0.717, 1.165) is 31.5 Å². The SMILES string of the molecule is CCCCNC12CC3CC1CC(NCC(=O)N1Cc4ccccc4C1)(C3)C2. The molecule has 6 rings (SSSR count). The van der Waals surface area contributed by atoms with Gasteiger partial charge in [0.2, 0.25) is 5.91 Å². The van der Waals surface area contributed by atoms with Gasteiger partial charge in [-0.25, -0.2) is 0 Å². The lowest BCUT2D eigenvalue weighted by Gasteiger charge is -2.42. The van der Waals surface area contributed by atoms with Crippen LogP contribution in [0.4, 0.5) is 0 Å². The van der Waals surface area contributed by atoms with Gasteiger partial charge in [0.25, 0.3) is 0 Å². The number of nitrogens with one attached hydrogen (secondary N) is 2. The molecule has 1 aromatic rings. The summed E-state index contributed by atoms with van der Waals surface area (Å²) in [5.74, 6) is 1.92. The smallest absolute Gasteiger partial charge is 0.237 e. The van der Waals surface area contributed by atoms with Crippen LogP contribution in [0.15, 0.2) is 24.3 Å². The summed E-state index contributed by atoms with van der Waals surface area (Å²) < 4.78 is 0. The van der Waals surface area contributed by atoms with E-state index in [9.17, 15) is 4.79 Å². The summed E-state index contributed by atoms with van der Waals surface area (Å²) in [5.41, 5.74) is 3.18. The third-order valence-electron chi connectivity index (χ3n) is 7.84. The van der Waals surface area contributed by atoms with Gasteiger partial charge in [-0.05, 0) is 68.0 Å². The lowest BCUT2D eigenvalue weighted by Crippen LogP contribution is -2.55. The van der Waals surface area contributed by atoms with Crippen LogP contribution < -0.4 is 10.6 Å². The highest BCUT2D eigenvalue weighted by atomic mass is 16.2. The summed E-state index contributed by atoms with van der Waals surface area (Å²) in [7, 11) is 0. The molecule has 4 saturated carbocycles. The topological polar surface area (TPSA) is 44.4 Å². The molecule has 0 saturated heterocycles. The number of carbonyl (C=O) groups is 1. The molecule has 4 aliphatic carbocycles. The molecule has 146 valence electrons. The van der Waals surface area contributed by atoms with E-state index < -0.39 is 0 Å². The van der Waals surface area contributed by atoms with Gasteiger partial charge in [-0.1, -0.05) is 37.6 Å². The van der Waals surface area contributed by atoms with Crippen LogP contribution >= 0.6 is 0 Å². The highest BCUT2D eigenvalue weighted by Crippen LogP contribution is 2.62. The molecule has 4 atom stereocenters. The van der Waals surface area contributed by atoms with Crippen LogP contribution in [-0.4, -0.2) is 35.0 Å². The van der Waals surface area contributed by atoms with Crippen molar-refractivity contribution in [2.45, 2.75) is 76.0 Å². The van der Waals surface area contributed by atoms with Gasteiger partial charge in [0.05, 0.1) is 6.54 Å². The highest BCUT2D eigenvalue weighted by Gasteiger charge is 2.63. The number of nitrogens with zero attached hydrogens (tertiary/aromatic N) is 1. The average molecular weight is 368 g/mol. The Balaban J connectivity index is 1.20. The van der Waals surface area contributed by atoms with Crippen LogP contribution in [0.2, 0.25) is 0 Å². The molecule has 4 nitrogen and oxygen atoms in total. The second-order valence-electron chi connectivity index (χ2n) is 9.68. The van der Waals surface area contributed by atoms with Crippen molar-refractivity contribution in [1.82, 2.24) is 15.5 Å². The lowest BCUT2D eigenvalue weighted by atomic mass is 9.74. The van der Waals surface area contributed by atoms with Crippen LogP contribution in [0.25, 0.3) is 0 Å². The lowest BCUT2D eigenvalue weighted by molar-refractivity contribution is -0.131. The molecule has 0 radical (unpaired) electrons. The number of benzene rings is 1. The molecular formula is C23H33N3O. The fraction of sp³-hybridized carbons (Fsp3) is 0.696. The van der Waals surface area contributed by atoms with Crippen molar-refractivity contribution in [2.24, 2.45) is 11.8 Å². The quantitative estimate of drug-likeness (QED) is 0.728. The first-order chi connectivity index (χ1) is 13.1. The first kappa shape index (κ1) is 17.7. The molecule has 4 heteroatoms. The summed E-state index contributed by atoms with van der Waals surface area (Å²) in [4.78, 5) is 14.9. The Morgan fingerprint density at radius 2 is 1.93 bits per heavy atom. The van der Waals surface area contributed by atoms with E-state index in [0.29, 0.717) is 12.1 Å². The molecule has 1 aliphatic heterocycles. The van der Waals surface area contributed by atoms with Crippen molar-refractivity contribution >= 4 is 5.91 Å². The van der Waals surface area contributed by atoms with Crippen LogP contribution in [0, 0.1) is 11.8 Å². The Labute approximate surface area is 163 Å². The Morgan fingerprint density at radius 3 is 2.67 bits per heavy atom. The standard InChI is InChI=1S/C23H33N3O/c1-2-3-8-24-23-11-17-9-20(23)12-22(10-17,16-23)25-13-21(27)26-14-18-6-4-5-7-19(18)15-26/h4-7,17,20,24-25H,2-3,8-16H2,1H3. The summed E-state index contributed by atoms with van der Waals surface area (Å²) in [6, 6.07) is 8.44. The second-order valence-corrected chi connectivity index (χ2v) is 9.68. The van der Waals surface area contributed by atoms with Crippen LogP contribution in [0.5, 0.6) is 0 Å². The largest absolute Gasteiger partial charge is 0.333 e. The molecule has 1 amide bonds. The minimum Gasteiger partial charge on any atom is -0.333 e. The maximum atomic E-state index is 12.9. The molecule has 0 aromatic heterocycles. The summed E-state index contributed by atoms with van der Waals surface area (Å²) in [6.45, 7) is 5.47. The monoisotopic (exact) mass is 367 g/mol. The minimum absolute atomic E-state index is 0.202. The third-order valence-corrected chi connectivity index (χ3v) is 7.84. The molecule has 5 aliphatic rings. The van der Waals surface area contributed by atoms with Crippen LogP contribution in [0.1, 0.15) is 63.0 Å². The van der Waals surface area contributed by atoms with E-state index in [4.69, 9.17) is 0 Å². The van der Waals surface area contributed by atoms with Crippen molar-refractivity contribution < 1.29 is 4.79 Å². The van der Waals surface area contributed by atoms with Gasteiger partial charge >= 0.3 is 0 Å². The predicted molar refractivity (Wildman–Crippen MR) is 107 cm³/mol. The molecular weight excluding hydrogens is 334 g/mol. The van der Waals surface area contributed by atoms with Crippen LogP contribution in [0.3, 0.4) is 0 Å². The van der Waals surface area contributed by atoms with Gasteiger partial charge < -0.3 is 15.5 Å². The number of hydrogen-bond donors (Lipinski definition) is 2. The fourth-order valence-electron chi connectivity index (χ4n) is 6.78. The summed E-state index contributed by atoms with van der Waals surface area (Å²) in [6.07, 6.45) is 9.04. The molecule has 0 spiro atoms. The predicted octanol–water partition coefficient (Wildman–Crippen LogP) is 3.21. The van der Waals surface area contributed by atoms with Gasteiger partial charge in [0.1, 0.15) is 0 Å². The maximum absolute atomic E-state index is 12.9. The van der Waals surface area contributed by atoms with Crippen molar-refractivity contribution in [2.75, 3.05) is 13.1 Å². The Morgan fingerprint density at radius 1 is 1.15 bits per heavy atom. The Bertz CT molecular complexity index is 709. The molecule has 4 bridgehead atoms. The average Bonchev–Trinajstić information content (AvgIpc) is 3.26. The first-order valence-corrected chi connectivity index (χ1v) is 11.0. The first-order valence-electron chi connectivity index (χ1n) is 11.0. The highest BCUT2D eigenvalue weighted by molar-refractivity contribution is 5.79. The number of hydrogen-bond acceptors (Lipinski definition) is 3. The normalized spacial score (nSPS) is 35.8. The van der Waals surface area contributed by atoms with E-state index in [-0.39, 0.29) is 11.4 Å². The minimum atomic E-state index is 0.202. The summed E-state index contributed by atoms with van der Waals surface area (Å²) in [5, 5.41) is 7.74. The van der Waals surface area contributed by atoms with E-state index in [2.05, 4.69) is 41.8 Å². The molecule has 1 aromatic carbocycles. The van der Waals surface area contributed by atoms with E-state index >= 15 is 0 Å². The number of rotatable bonds is 7. The number of carbonyl (C=O) groups excluding carboxylic acids is 1. The van der Waals surface area contributed by atoms with Crippen molar-refractivity contribution in [1.29, 1.82) is 0 Å². The third kappa shape index (κ3) is 3.01. The molecule has 4 unspecified atom stereocenters. The number of fused-ring (bicyclic) bond motifs is 1. The zero-order valence-electron chi connectivity index (χ0n) is 16.6. The van der Waals surface area contributed by atoms with E-state index in [1.54, 1.807) is 0 Å². The van der Waals surface area contributed by atoms with E-state index in [1.165, 1.54) is 56.1 Å². The molecule has 27 heavy (non-hydrogen) atoms. The Hall–Kier alpha value is -1.39. The second kappa shape index (κ2) is 6.59. The zero-order valence-corrected chi connectivity index (χ0v) is 16.6. The molecule has 2 N–H and O–H groups in total.